The average Bonchev–Trinajstić information content (AvgIpc) is 2.73. The van der Waals surface area contributed by atoms with Crippen LogP contribution in [0, 0.1) is 0 Å². The summed E-state index contributed by atoms with van der Waals surface area (Å²) in [5, 5.41) is 0. The number of fused-ring (bicyclic) bond motifs is 1. The first-order valence-electron chi connectivity index (χ1n) is 9.15. The minimum Gasteiger partial charge on any atom is -0.336 e. The maximum Gasteiger partial charge on any atom is 0.272 e. The summed E-state index contributed by atoms with van der Waals surface area (Å²) in [6.07, 6.45) is 2.64. The van der Waals surface area contributed by atoms with Crippen LogP contribution in [0.5, 0.6) is 0 Å². The van der Waals surface area contributed by atoms with Crippen molar-refractivity contribution in [2.75, 3.05) is 18.5 Å². The molecule has 0 N–H and O–H groups in total. The molecule has 1 aromatic heterocycles. The molecule has 0 saturated heterocycles. The summed E-state index contributed by atoms with van der Waals surface area (Å²) in [4.78, 5) is 25.6. The zero-order valence-corrected chi connectivity index (χ0v) is 15.4. The Balaban J connectivity index is 1.50. The van der Waals surface area contributed by atoms with Gasteiger partial charge in [0.1, 0.15) is 5.69 Å². The SMILES string of the molecule is CN(Cc1ccccc1)C(=O)c1ccnc(N2CCc3ccccc3C2)n1. The number of benzene rings is 2. The standard InChI is InChI=1S/C22H22N4O/c1-25(15-17-7-3-2-4-8-17)21(27)20-11-13-23-22(24-20)26-14-12-18-9-5-6-10-19(18)16-26/h2-11,13H,12,14-16H2,1H3. The molecule has 136 valence electrons. The van der Waals surface area contributed by atoms with Crippen molar-refractivity contribution in [1.29, 1.82) is 0 Å². The van der Waals surface area contributed by atoms with Crippen molar-refractivity contribution in [3.63, 3.8) is 0 Å². The zero-order valence-electron chi connectivity index (χ0n) is 15.4. The van der Waals surface area contributed by atoms with E-state index < -0.39 is 0 Å². The number of hydrogen-bond acceptors (Lipinski definition) is 4. The number of anilines is 1. The van der Waals surface area contributed by atoms with Gasteiger partial charge >= 0.3 is 0 Å². The third kappa shape index (κ3) is 3.82. The van der Waals surface area contributed by atoms with Crippen LogP contribution in [0.2, 0.25) is 0 Å². The van der Waals surface area contributed by atoms with Gasteiger partial charge < -0.3 is 9.80 Å². The summed E-state index contributed by atoms with van der Waals surface area (Å²) in [5.41, 5.74) is 4.20. The van der Waals surface area contributed by atoms with Crippen LogP contribution in [-0.2, 0) is 19.5 Å². The molecule has 3 aromatic rings. The van der Waals surface area contributed by atoms with E-state index in [0.29, 0.717) is 18.2 Å². The van der Waals surface area contributed by atoms with Crippen LogP contribution in [0.15, 0.2) is 66.9 Å². The first-order valence-corrected chi connectivity index (χ1v) is 9.15. The Bertz CT molecular complexity index is 942. The molecular formula is C22H22N4O. The Morgan fingerprint density at radius 1 is 1.04 bits per heavy atom. The molecule has 5 nitrogen and oxygen atoms in total. The van der Waals surface area contributed by atoms with Gasteiger partial charge in [0.25, 0.3) is 5.91 Å². The summed E-state index contributed by atoms with van der Waals surface area (Å²) in [5.74, 6) is 0.517. The first-order chi connectivity index (χ1) is 13.2. The van der Waals surface area contributed by atoms with Crippen LogP contribution in [0.1, 0.15) is 27.2 Å². The Labute approximate surface area is 159 Å². The monoisotopic (exact) mass is 358 g/mol. The van der Waals surface area contributed by atoms with Crippen molar-refractivity contribution in [3.8, 4) is 0 Å². The number of carbonyl (C=O) groups is 1. The van der Waals surface area contributed by atoms with E-state index in [1.54, 1.807) is 24.2 Å². The molecule has 1 amide bonds. The maximum atomic E-state index is 12.8. The second kappa shape index (κ2) is 7.58. The molecular weight excluding hydrogens is 336 g/mol. The van der Waals surface area contributed by atoms with Crippen molar-refractivity contribution in [1.82, 2.24) is 14.9 Å². The highest BCUT2D eigenvalue weighted by Crippen LogP contribution is 2.22. The van der Waals surface area contributed by atoms with E-state index in [4.69, 9.17) is 0 Å². The molecule has 0 bridgehead atoms. The smallest absolute Gasteiger partial charge is 0.272 e. The van der Waals surface area contributed by atoms with Crippen molar-refractivity contribution in [2.24, 2.45) is 0 Å². The predicted octanol–water partition coefficient (Wildman–Crippen LogP) is 3.31. The molecule has 2 heterocycles. The lowest BCUT2D eigenvalue weighted by atomic mass is 10.0. The Morgan fingerprint density at radius 2 is 1.78 bits per heavy atom. The fraction of sp³-hybridized carbons (Fsp3) is 0.227. The van der Waals surface area contributed by atoms with E-state index >= 15 is 0 Å². The highest BCUT2D eigenvalue weighted by molar-refractivity contribution is 5.92. The van der Waals surface area contributed by atoms with Gasteiger partial charge in [-0.2, -0.15) is 0 Å². The van der Waals surface area contributed by atoms with E-state index in [1.165, 1.54) is 11.1 Å². The van der Waals surface area contributed by atoms with Crippen LogP contribution in [-0.4, -0.2) is 34.4 Å². The van der Waals surface area contributed by atoms with E-state index in [2.05, 4.69) is 39.1 Å². The number of carbonyl (C=O) groups excluding carboxylic acids is 1. The molecule has 0 spiro atoms. The number of nitrogens with zero attached hydrogens (tertiary/aromatic N) is 4. The van der Waals surface area contributed by atoms with Gasteiger partial charge in [0, 0.05) is 32.9 Å². The molecule has 2 aromatic carbocycles. The minimum absolute atomic E-state index is 0.0973. The average molecular weight is 358 g/mol. The molecule has 0 fully saturated rings. The highest BCUT2D eigenvalue weighted by atomic mass is 16.2. The first kappa shape index (κ1) is 17.2. The molecule has 5 heteroatoms. The summed E-state index contributed by atoms with van der Waals surface area (Å²) >= 11 is 0. The van der Waals surface area contributed by atoms with Crippen molar-refractivity contribution in [3.05, 3.63) is 89.2 Å². The number of amides is 1. The predicted molar refractivity (Wildman–Crippen MR) is 105 cm³/mol. The Kier molecular flexibility index (Phi) is 4.83. The van der Waals surface area contributed by atoms with Gasteiger partial charge in [-0.15, -0.1) is 0 Å². The molecule has 27 heavy (non-hydrogen) atoms. The topological polar surface area (TPSA) is 49.3 Å². The van der Waals surface area contributed by atoms with Gasteiger partial charge in [-0.25, -0.2) is 9.97 Å². The van der Waals surface area contributed by atoms with Gasteiger partial charge in [0.15, 0.2) is 0 Å². The van der Waals surface area contributed by atoms with Crippen LogP contribution in [0.4, 0.5) is 5.95 Å². The maximum absolute atomic E-state index is 12.8. The molecule has 0 aliphatic carbocycles. The number of aromatic nitrogens is 2. The number of rotatable bonds is 4. The Hall–Kier alpha value is -3.21. The fourth-order valence-corrected chi connectivity index (χ4v) is 3.41. The second-order valence-electron chi connectivity index (χ2n) is 6.83. The van der Waals surface area contributed by atoms with Gasteiger partial charge in [0.2, 0.25) is 5.95 Å². The highest BCUT2D eigenvalue weighted by Gasteiger charge is 2.20. The lowest BCUT2D eigenvalue weighted by molar-refractivity contribution is 0.0779. The van der Waals surface area contributed by atoms with Crippen molar-refractivity contribution >= 4 is 11.9 Å². The molecule has 0 saturated carbocycles. The summed E-state index contributed by atoms with van der Waals surface area (Å²) in [6, 6.07) is 20.1. The van der Waals surface area contributed by atoms with Gasteiger partial charge in [-0.3, -0.25) is 4.79 Å². The van der Waals surface area contributed by atoms with Crippen molar-refractivity contribution < 1.29 is 4.79 Å². The molecule has 1 aliphatic rings. The quantitative estimate of drug-likeness (QED) is 0.718. The molecule has 0 unspecified atom stereocenters. The van der Waals surface area contributed by atoms with Gasteiger partial charge in [-0.05, 0) is 29.2 Å². The van der Waals surface area contributed by atoms with E-state index in [-0.39, 0.29) is 5.91 Å². The van der Waals surface area contributed by atoms with Crippen LogP contribution < -0.4 is 4.90 Å². The third-order valence-corrected chi connectivity index (χ3v) is 4.88. The number of hydrogen-bond donors (Lipinski definition) is 0. The van der Waals surface area contributed by atoms with Crippen LogP contribution in [0.25, 0.3) is 0 Å². The molecule has 1 aliphatic heterocycles. The van der Waals surface area contributed by atoms with Gasteiger partial charge in [-0.1, -0.05) is 54.6 Å². The summed E-state index contributed by atoms with van der Waals surface area (Å²) in [7, 11) is 1.80. The van der Waals surface area contributed by atoms with Crippen molar-refractivity contribution in [2.45, 2.75) is 19.5 Å². The summed E-state index contributed by atoms with van der Waals surface area (Å²) < 4.78 is 0. The summed E-state index contributed by atoms with van der Waals surface area (Å²) in [6.45, 7) is 2.18. The lowest BCUT2D eigenvalue weighted by Crippen LogP contribution is -2.33. The van der Waals surface area contributed by atoms with E-state index in [1.807, 2.05) is 30.3 Å². The second-order valence-corrected chi connectivity index (χ2v) is 6.83. The van der Waals surface area contributed by atoms with E-state index in [0.717, 1.165) is 25.1 Å². The zero-order chi connectivity index (χ0) is 18.6. The fourth-order valence-electron chi connectivity index (χ4n) is 3.41. The van der Waals surface area contributed by atoms with Crippen LogP contribution in [0.3, 0.4) is 0 Å². The molecule has 4 rings (SSSR count). The lowest BCUT2D eigenvalue weighted by Gasteiger charge is -2.29. The van der Waals surface area contributed by atoms with Crippen LogP contribution >= 0.6 is 0 Å². The largest absolute Gasteiger partial charge is 0.336 e. The molecule has 0 atom stereocenters. The minimum atomic E-state index is -0.0973. The van der Waals surface area contributed by atoms with Gasteiger partial charge in [0.05, 0.1) is 0 Å². The third-order valence-electron chi connectivity index (χ3n) is 4.88. The molecule has 0 radical (unpaired) electrons. The van der Waals surface area contributed by atoms with E-state index in [9.17, 15) is 4.79 Å². The Morgan fingerprint density at radius 3 is 2.59 bits per heavy atom. The normalized spacial score (nSPS) is 13.1.